The first-order chi connectivity index (χ1) is 8.61. The molecule has 0 saturated carbocycles. The van der Waals surface area contributed by atoms with Crippen LogP contribution in [0.3, 0.4) is 0 Å². The number of nitrogens with zero attached hydrogens (tertiary/aromatic N) is 1. The summed E-state index contributed by atoms with van der Waals surface area (Å²) < 4.78 is 4.86. The Hall–Kier alpha value is -1.47. The zero-order valence-electron chi connectivity index (χ0n) is 10.1. The van der Waals surface area contributed by atoms with Crippen molar-refractivity contribution in [1.82, 2.24) is 10.3 Å². The largest absolute Gasteiger partial charge is 0.550 e. The van der Waals surface area contributed by atoms with E-state index in [9.17, 15) is 14.7 Å². The molecule has 0 unspecified atom stereocenters. The van der Waals surface area contributed by atoms with Crippen LogP contribution in [-0.4, -0.2) is 37.1 Å². The predicted octanol–water partition coefficient (Wildman–Crippen LogP) is -0.869. The number of carbonyl (C=O) groups is 2. The fourth-order valence-electron chi connectivity index (χ4n) is 1.30. The zero-order valence-corrected chi connectivity index (χ0v) is 10.9. The van der Waals surface area contributed by atoms with E-state index in [1.165, 1.54) is 11.3 Å². The highest BCUT2D eigenvalue weighted by Gasteiger charge is 2.07. The molecule has 1 aromatic heterocycles. The van der Waals surface area contributed by atoms with Gasteiger partial charge in [0.2, 0.25) is 5.91 Å². The Bertz CT molecular complexity index is 406. The average Bonchev–Trinajstić information content (AvgIpc) is 2.71. The lowest BCUT2D eigenvalue weighted by Crippen LogP contribution is -2.27. The second kappa shape index (κ2) is 7.78. The van der Waals surface area contributed by atoms with Crippen molar-refractivity contribution in [1.29, 1.82) is 0 Å². The van der Waals surface area contributed by atoms with Crippen LogP contribution in [0.25, 0.3) is 0 Å². The highest BCUT2D eigenvalue weighted by Crippen LogP contribution is 2.10. The number of nitrogens with one attached hydrogen (secondary N) is 1. The van der Waals surface area contributed by atoms with E-state index in [-0.39, 0.29) is 18.7 Å². The molecule has 0 radical (unpaired) electrons. The molecule has 6 nitrogen and oxygen atoms in total. The summed E-state index contributed by atoms with van der Waals surface area (Å²) in [5, 5.41) is 15.3. The summed E-state index contributed by atoms with van der Waals surface area (Å²) in [7, 11) is 1.61. The van der Waals surface area contributed by atoms with Gasteiger partial charge in [0.1, 0.15) is 5.01 Å². The smallest absolute Gasteiger partial charge is 0.226 e. The minimum atomic E-state index is -1.17. The first-order valence-corrected chi connectivity index (χ1v) is 6.38. The number of carboxylic acid groups (broad SMARTS) is 1. The van der Waals surface area contributed by atoms with Gasteiger partial charge in [-0.15, -0.1) is 11.3 Å². The standard InChI is InChI=1S/C11H16N2O4S/c1-17-4-2-3-12-9(14)6-10-13-8(7-18-10)5-11(15)16/h7H,2-6H2,1H3,(H,12,14)(H,15,16)/p-1. The van der Waals surface area contributed by atoms with Crippen LogP contribution in [0.4, 0.5) is 0 Å². The van der Waals surface area contributed by atoms with Crippen LogP contribution < -0.4 is 10.4 Å². The maximum atomic E-state index is 11.5. The first kappa shape index (κ1) is 14.6. The van der Waals surface area contributed by atoms with Crippen LogP contribution in [0.2, 0.25) is 0 Å². The van der Waals surface area contributed by atoms with E-state index >= 15 is 0 Å². The number of hydrogen-bond donors (Lipinski definition) is 1. The van der Waals surface area contributed by atoms with E-state index in [4.69, 9.17) is 4.74 Å². The fraction of sp³-hybridized carbons (Fsp3) is 0.545. The van der Waals surface area contributed by atoms with Crippen molar-refractivity contribution >= 4 is 23.2 Å². The molecule has 0 spiro atoms. The van der Waals surface area contributed by atoms with Gasteiger partial charge in [0.15, 0.2) is 0 Å². The van der Waals surface area contributed by atoms with Crippen LogP contribution in [0.1, 0.15) is 17.1 Å². The maximum absolute atomic E-state index is 11.5. The quantitative estimate of drug-likeness (QED) is 0.621. The van der Waals surface area contributed by atoms with Gasteiger partial charge in [-0.3, -0.25) is 4.79 Å². The number of amides is 1. The van der Waals surface area contributed by atoms with E-state index in [1.54, 1.807) is 12.5 Å². The summed E-state index contributed by atoms with van der Waals surface area (Å²) in [6.07, 6.45) is 0.715. The van der Waals surface area contributed by atoms with Crippen molar-refractivity contribution in [2.24, 2.45) is 0 Å². The Morgan fingerprint density at radius 2 is 2.28 bits per heavy atom. The van der Waals surface area contributed by atoms with Crippen LogP contribution >= 0.6 is 11.3 Å². The number of thiazole rings is 1. The third kappa shape index (κ3) is 5.74. The number of rotatable bonds is 8. The topological polar surface area (TPSA) is 91.3 Å². The minimum absolute atomic E-state index is 0.125. The monoisotopic (exact) mass is 271 g/mol. The molecule has 100 valence electrons. The Kier molecular flexibility index (Phi) is 6.31. The van der Waals surface area contributed by atoms with E-state index < -0.39 is 5.97 Å². The van der Waals surface area contributed by atoms with E-state index in [2.05, 4.69) is 10.3 Å². The molecule has 0 bridgehead atoms. The van der Waals surface area contributed by atoms with Crippen molar-refractivity contribution in [3.8, 4) is 0 Å². The molecule has 1 aromatic rings. The maximum Gasteiger partial charge on any atom is 0.226 e. The van der Waals surface area contributed by atoms with Gasteiger partial charge in [0, 0.05) is 38.0 Å². The molecular formula is C11H15N2O4S-. The Balaban J connectivity index is 2.31. The molecule has 0 saturated heterocycles. The molecule has 18 heavy (non-hydrogen) atoms. The van der Waals surface area contributed by atoms with Gasteiger partial charge in [0.25, 0.3) is 0 Å². The third-order valence-electron chi connectivity index (χ3n) is 2.08. The summed E-state index contributed by atoms with van der Waals surface area (Å²) in [5.74, 6) is -1.30. The molecular weight excluding hydrogens is 256 g/mol. The molecule has 0 aliphatic rings. The zero-order chi connectivity index (χ0) is 13.4. The summed E-state index contributed by atoms with van der Waals surface area (Å²) in [4.78, 5) is 25.9. The lowest BCUT2D eigenvalue weighted by atomic mass is 10.3. The van der Waals surface area contributed by atoms with Gasteiger partial charge in [-0.05, 0) is 6.42 Å². The second-order valence-corrected chi connectivity index (χ2v) is 4.60. The SMILES string of the molecule is COCCCNC(=O)Cc1nc(CC(=O)[O-])cs1. The fourth-order valence-corrected chi connectivity index (χ4v) is 2.10. The van der Waals surface area contributed by atoms with E-state index in [0.29, 0.717) is 23.9 Å². The van der Waals surface area contributed by atoms with Gasteiger partial charge in [-0.1, -0.05) is 0 Å². The molecule has 0 aliphatic carbocycles. The summed E-state index contributed by atoms with van der Waals surface area (Å²) in [5.41, 5.74) is 0.433. The van der Waals surface area contributed by atoms with Crippen molar-refractivity contribution < 1.29 is 19.4 Å². The van der Waals surface area contributed by atoms with Crippen LogP contribution in [-0.2, 0) is 27.2 Å². The molecule has 0 aromatic carbocycles. The highest BCUT2D eigenvalue weighted by atomic mass is 32.1. The van der Waals surface area contributed by atoms with Gasteiger partial charge in [0.05, 0.1) is 12.1 Å². The summed E-state index contributed by atoms with van der Waals surface area (Å²) >= 11 is 1.28. The number of carboxylic acids is 1. The number of aromatic nitrogens is 1. The lowest BCUT2D eigenvalue weighted by molar-refractivity contribution is -0.304. The van der Waals surface area contributed by atoms with Crippen molar-refractivity contribution in [2.45, 2.75) is 19.3 Å². The molecule has 0 aliphatic heterocycles. The number of aliphatic carboxylic acids is 1. The van der Waals surface area contributed by atoms with Crippen molar-refractivity contribution in [2.75, 3.05) is 20.3 Å². The van der Waals surface area contributed by atoms with Crippen LogP contribution in [0.5, 0.6) is 0 Å². The lowest BCUT2D eigenvalue weighted by Gasteiger charge is -2.02. The van der Waals surface area contributed by atoms with Gasteiger partial charge >= 0.3 is 0 Å². The Morgan fingerprint density at radius 3 is 2.94 bits per heavy atom. The third-order valence-corrected chi connectivity index (χ3v) is 2.98. The number of methoxy groups -OCH3 is 1. The molecule has 0 atom stereocenters. The second-order valence-electron chi connectivity index (χ2n) is 3.65. The molecule has 1 amide bonds. The van der Waals surface area contributed by atoms with Gasteiger partial charge in [-0.25, -0.2) is 4.98 Å². The highest BCUT2D eigenvalue weighted by molar-refractivity contribution is 7.09. The van der Waals surface area contributed by atoms with Crippen LogP contribution in [0.15, 0.2) is 5.38 Å². The summed E-state index contributed by atoms with van der Waals surface area (Å²) in [6.45, 7) is 1.16. The van der Waals surface area contributed by atoms with Gasteiger partial charge in [-0.2, -0.15) is 0 Å². The number of carbonyl (C=O) groups excluding carboxylic acids is 2. The normalized spacial score (nSPS) is 10.3. The number of hydrogen-bond acceptors (Lipinski definition) is 6. The number of ether oxygens (including phenoxy) is 1. The average molecular weight is 271 g/mol. The molecule has 0 fully saturated rings. The van der Waals surface area contributed by atoms with Gasteiger partial charge < -0.3 is 20.0 Å². The van der Waals surface area contributed by atoms with Crippen LogP contribution in [0, 0.1) is 0 Å². The minimum Gasteiger partial charge on any atom is -0.550 e. The van der Waals surface area contributed by atoms with E-state index in [0.717, 1.165) is 6.42 Å². The molecule has 1 N–H and O–H groups in total. The molecule has 7 heteroatoms. The molecule has 1 heterocycles. The Morgan fingerprint density at radius 1 is 1.50 bits per heavy atom. The Labute approximate surface area is 109 Å². The first-order valence-electron chi connectivity index (χ1n) is 5.50. The van der Waals surface area contributed by atoms with E-state index in [1.807, 2.05) is 0 Å². The van der Waals surface area contributed by atoms with Crippen molar-refractivity contribution in [3.63, 3.8) is 0 Å². The molecule has 1 rings (SSSR count). The predicted molar refractivity (Wildman–Crippen MR) is 64.0 cm³/mol. The van der Waals surface area contributed by atoms with Crippen molar-refractivity contribution in [3.05, 3.63) is 16.1 Å². The summed E-state index contributed by atoms with van der Waals surface area (Å²) in [6, 6.07) is 0.